The number of urea groups is 1. The van der Waals surface area contributed by atoms with E-state index in [0.29, 0.717) is 16.9 Å². The van der Waals surface area contributed by atoms with E-state index in [1.165, 1.54) is 30.9 Å². The molecule has 14 heteroatoms. The largest absolute Gasteiger partial charge is 0.456 e. The van der Waals surface area contributed by atoms with E-state index in [1.54, 1.807) is 123 Å². The summed E-state index contributed by atoms with van der Waals surface area (Å²) >= 11 is 0. The summed E-state index contributed by atoms with van der Waals surface area (Å²) < 4.78 is 18.1. The van der Waals surface area contributed by atoms with Crippen molar-refractivity contribution in [2.45, 2.75) is 94.4 Å². The van der Waals surface area contributed by atoms with Crippen LogP contribution in [0.25, 0.3) is 0 Å². The van der Waals surface area contributed by atoms with Gasteiger partial charge in [-0.25, -0.2) is 14.4 Å². The van der Waals surface area contributed by atoms with Crippen molar-refractivity contribution in [3.63, 3.8) is 0 Å². The molecule has 3 fully saturated rings. The fourth-order valence-electron chi connectivity index (χ4n) is 10.5. The number of nitrogens with zero attached hydrogens (tertiary/aromatic N) is 1. The number of ketones is 1. The number of hydrogen-bond acceptors (Lipinski definition) is 12. The molecule has 2 bridgehead atoms. The Balaban J connectivity index is 1.19. The number of esters is 2. The quantitative estimate of drug-likeness (QED) is 0.0998. The summed E-state index contributed by atoms with van der Waals surface area (Å²) in [5, 5.41) is 64.5. The molecule has 14 nitrogen and oxygen atoms in total. The predicted molar refractivity (Wildman–Crippen MR) is 228 cm³/mol. The topological polar surface area (TPSA) is 212 Å². The summed E-state index contributed by atoms with van der Waals surface area (Å²) in [4.78, 5) is 59.1. The molecule has 63 heavy (non-hydrogen) atoms. The third-order valence-corrected chi connectivity index (χ3v) is 14.1. The molecule has 0 radical (unpaired) electrons. The van der Waals surface area contributed by atoms with Crippen molar-refractivity contribution in [2.24, 2.45) is 16.7 Å². The minimum Gasteiger partial charge on any atom is -0.456 e. The smallest absolute Gasteiger partial charge is 0.338 e. The van der Waals surface area contributed by atoms with Crippen molar-refractivity contribution in [1.82, 2.24) is 5.32 Å². The summed E-state index contributed by atoms with van der Waals surface area (Å²) in [7, 11) is 0. The van der Waals surface area contributed by atoms with Gasteiger partial charge in [-0.1, -0.05) is 98.8 Å². The Kier molecular flexibility index (Phi) is 11.4. The first-order chi connectivity index (χ1) is 29.9. The van der Waals surface area contributed by atoms with Gasteiger partial charge in [0.2, 0.25) is 0 Å². The number of nitrogens with one attached hydrogen (secondary N) is 1. The Morgan fingerprint density at radius 1 is 0.810 bits per heavy atom. The average Bonchev–Trinajstić information content (AvgIpc) is 3.28. The van der Waals surface area contributed by atoms with Gasteiger partial charge in [0.1, 0.15) is 29.5 Å². The molecule has 3 aliphatic carbocycles. The van der Waals surface area contributed by atoms with Gasteiger partial charge in [0.15, 0.2) is 11.9 Å². The lowest BCUT2D eigenvalue weighted by Crippen LogP contribution is -2.81. The standard InChI is InChI=1S/C49H52N2O12/c1-28-33(62-44(57)39(54)37(29-17-9-5-10-18-29)50-45(58)51(31-21-13-7-14-22-31)32-23-15-8-16-24-32)26-49(60)42(63-43(56)30-19-11-6-12-20-30)40-47(4,34(52)25-35-48(40,59)27-61-35)41(55)38(53)36(28)46(49,2)3/h5-24,33-35,37-40,42,52-54,59-60H,25-27H2,1-4H3,(H,50,58)/t33?,34?,35?,37?,38?,39?,40?,42?,47-,48?,49?/m1/s1. The van der Waals surface area contributed by atoms with Gasteiger partial charge in [0, 0.05) is 24.2 Å². The number of aliphatic hydroxyl groups is 5. The van der Waals surface area contributed by atoms with Crippen molar-refractivity contribution < 1.29 is 58.9 Å². The molecule has 1 aliphatic heterocycles. The molecular weight excluding hydrogens is 809 g/mol. The zero-order valence-electron chi connectivity index (χ0n) is 35.3. The molecule has 4 aromatic rings. The summed E-state index contributed by atoms with van der Waals surface area (Å²) in [6.45, 7) is 5.71. The highest BCUT2D eigenvalue weighted by atomic mass is 16.6. The maximum atomic E-state index is 14.9. The number of aliphatic hydroxyl groups excluding tert-OH is 3. The van der Waals surface area contributed by atoms with Crippen molar-refractivity contribution in [3.05, 3.63) is 144 Å². The molecular formula is C49H52N2O12. The van der Waals surface area contributed by atoms with Crippen LogP contribution in [0.1, 0.15) is 62.5 Å². The highest BCUT2D eigenvalue weighted by Gasteiger charge is 2.76. The van der Waals surface area contributed by atoms with Gasteiger partial charge in [0.05, 0.1) is 47.2 Å². The molecule has 4 aromatic carbocycles. The number of carbonyl (C=O) groups excluding carboxylic acids is 4. The van der Waals surface area contributed by atoms with Crippen molar-refractivity contribution in [3.8, 4) is 0 Å². The number of fused-ring (bicyclic) bond motifs is 5. The van der Waals surface area contributed by atoms with Gasteiger partial charge in [-0.15, -0.1) is 0 Å². The molecule has 10 unspecified atom stereocenters. The summed E-state index contributed by atoms with van der Waals surface area (Å²) in [6.07, 6.45) is -10.5. The van der Waals surface area contributed by atoms with Crippen molar-refractivity contribution >= 4 is 35.1 Å². The van der Waals surface area contributed by atoms with Crippen LogP contribution in [0.2, 0.25) is 0 Å². The molecule has 1 heterocycles. The number of benzene rings is 4. The molecule has 8 rings (SSSR count). The highest BCUT2D eigenvalue weighted by Crippen LogP contribution is 2.63. The van der Waals surface area contributed by atoms with E-state index in [2.05, 4.69) is 5.32 Å². The van der Waals surface area contributed by atoms with E-state index >= 15 is 0 Å². The number of anilines is 2. The lowest BCUT2D eigenvalue weighted by molar-refractivity contribution is -0.343. The Labute approximate surface area is 364 Å². The van der Waals surface area contributed by atoms with Gasteiger partial charge in [-0.2, -0.15) is 0 Å². The molecule has 2 amide bonds. The molecule has 0 spiro atoms. The van der Waals surface area contributed by atoms with Crippen LogP contribution < -0.4 is 10.2 Å². The molecule has 2 saturated carbocycles. The van der Waals surface area contributed by atoms with Gasteiger partial charge >= 0.3 is 18.0 Å². The first-order valence-corrected chi connectivity index (χ1v) is 21.0. The number of rotatable bonds is 9. The number of hydrogen-bond donors (Lipinski definition) is 6. The summed E-state index contributed by atoms with van der Waals surface area (Å²) in [5.74, 6) is -4.56. The minimum absolute atomic E-state index is 0.0468. The number of carbonyl (C=O) groups is 4. The fraction of sp³-hybridized carbons (Fsp3) is 0.388. The molecule has 11 atom stereocenters. The van der Waals surface area contributed by atoms with E-state index in [4.69, 9.17) is 14.2 Å². The minimum atomic E-state index is -2.33. The Morgan fingerprint density at radius 3 is 1.89 bits per heavy atom. The van der Waals surface area contributed by atoms with E-state index < -0.39 is 101 Å². The van der Waals surface area contributed by atoms with Crippen LogP contribution in [0.3, 0.4) is 0 Å². The third-order valence-electron chi connectivity index (χ3n) is 14.1. The lowest BCUT2D eigenvalue weighted by Gasteiger charge is -2.66. The van der Waals surface area contributed by atoms with E-state index in [9.17, 15) is 44.7 Å². The predicted octanol–water partition coefficient (Wildman–Crippen LogP) is 4.71. The van der Waals surface area contributed by atoms with Crippen LogP contribution in [0.4, 0.5) is 16.2 Å². The number of ether oxygens (including phenoxy) is 3. The maximum Gasteiger partial charge on any atom is 0.338 e. The highest BCUT2D eigenvalue weighted by molar-refractivity contribution is 6.00. The summed E-state index contributed by atoms with van der Waals surface area (Å²) in [5.41, 5.74) is -6.26. The van der Waals surface area contributed by atoms with E-state index in [-0.39, 0.29) is 29.7 Å². The van der Waals surface area contributed by atoms with Crippen molar-refractivity contribution in [1.29, 1.82) is 0 Å². The zero-order valence-corrected chi connectivity index (χ0v) is 35.3. The van der Waals surface area contributed by atoms with Gasteiger partial charge in [-0.05, 0) is 67.0 Å². The molecule has 1 saturated heterocycles. The number of amides is 2. The van der Waals surface area contributed by atoms with Gasteiger partial charge in [-0.3, -0.25) is 9.69 Å². The molecule has 0 aromatic heterocycles. The molecule has 4 aliphatic rings. The van der Waals surface area contributed by atoms with Crippen LogP contribution in [-0.2, 0) is 23.8 Å². The first kappa shape index (κ1) is 43.9. The van der Waals surface area contributed by atoms with Crippen LogP contribution in [0, 0.1) is 16.7 Å². The van der Waals surface area contributed by atoms with Gasteiger partial charge < -0.3 is 45.1 Å². The zero-order chi connectivity index (χ0) is 45.1. The van der Waals surface area contributed by atoms with Crippen LogP contribution in [-0.4, -0.2) is 104 Å². The number of Topliss-reactive ketones (excluding diaryl/α,β-unsaturated/α-hetero) is 1. The Bertz CT molecular complexity index is 2360. The fourth-order valence-corrected chi connectivity index (χ4v) is 10.5. The molecule has 330 valence electrons. The second-order valence-electron chi connectivity index (χ2n) is 17.8. The van der Waals surface area contributed by atoms with Crippen molar-refractivity contribution in [2.75, 3.05) is 11.5 Å². The second-order valence-corrected chi connectivity index (χ2v) is 17.8. The Hall–Kier alpha value is -5.74. The van der Waals surface area contributed by atoms with E-state index in [0.717, 1.165) is 0 Å². The second kappa shape index (κ2) is 16.4. The SMILES string of the molecule is CC1=C2C(O)C(=O)[C@]3(C)C(O)CC4OCC4(O)C3C(OC(=O)c3ccccc3)C(O)(CC1OC(=O)C(O)C(NC(=O)N(c1ccccc1)c1ccccc1)c1ccccc1)C2(C)C. The lowest BCUT2D eigenvalue weighted by atomic mass is 9.44. The number of para-hydroxylation sites is 2. The summed E-state index contributed by atoms with van der Waals surface area (Å²) in [6, 6.07) is 31.8. The Morgan fingerprint density at radius 2 is 1.35 bits per heavy atom. The first-order valence-electron chi connectivity index (χ1n) is 21.0. The van der Waals surface area contributed by atoms with Crippen LogP contribution >= 0.6 is 0 Å². The average molecular weight is 861 g/mol. The van der Waals surface area contributed by atoms with Crippen LogP contribution in [0.5, 0.6) is 0 Å². The van der Waals surface area contributed by atoms with Crippen LogP contribution in [0.15, 0.2) is 132 Å². The normalized spacial score (nSPS) is 31.7. The maximum absolute atomic E-state index is 14.9. The monoisotopic (exact) mass is 860 g/mol. The van der Waals surface area contributed by atoms with Gasteiger partial charge in [0.25, 0.3) is 0 Å². The molecule has 6 N–H and O–H groups in total. The van der Waals surface area contributed by atoms with E-state index in [1.807, 2.05) is 0 Å². The third kappa shape index (κ3) is 7.14.